The Balaban J connectivity index is 1.92. The third kappa shape index (κ3) is 3.48. The molecule has 1 N–H and O–H groups in total. The molecule has 2 saturated heterocycles. The first-order valence-electron chi connectivity index (χ1n) is 7.44. The molecule has 2 aliphatic rings. The number of hydrogen-bond donors (Lipinski definition) is 1. The lowest BCUT2D eigenvalue weighted by Gasteiger charge is -2.33. The average molecular weight is 290 g/mol. The lowest BCUT2D eigenvalue weighted by atomic mass is 10.00. The second-order valence-corrected chi connectivity index (χ2v) is 7.76. The highest BCUT2D eigenvalue weighted by atomic mass is 32.2. The minimum absolute atomic E-state index is 0.177. The third-order valence-electron chi connectivity index (χ3n) is 4.43. The second kappa shape index (κ2) is 6.52. The Morgan fingerprint density at radius 1 is 1.05 bits per heavy atom. The molecule has 2 heterocycles. The van der Waals surface area contributed by atoms with E-state index < -0.39 is 10.2 Å². The fourth-order valence-corrected chi connectivity index (χ4v) is 4.87. The topological polar surface area (TPSA) is 60.9 Å². The normalized spacial score (nSPS) is 28.0. The molecule has 0 aliphatic carbocycles. The standard InChI is InChI=1S/C13H26N2O3S/c1-2-3-12-4-9-15(10-12)19(17,18)14-7-5-13(11-16)6-8-14/h12-13,16H,2-11H2,1H3. The maximum atomic E-state index is 12.5. The van der Waals surface area contributed by atoms with Gasteiger partial charge in [-0.15, -0.1) is 0 Å². The zero-order chi connectivity index (χ0) is 13.9. The van der Waals surface area contributed by atoms with Gasteiger partial charge in [-0.3, -0.25) is 0 Å². The van der Waals surface area contributed by atoms with Crippen LogP contribution >= 0.6 is 0 Å². The Kier molecular flexibility index (Phi) is 5.22. The van der Waals surface area contributed by atoms with Crippen LogP contribution in [0.3, 0.4) is 0 Å². The van der Waals surface area contributed by atoms with Crippen LogP contribution in [0.15, 0.2) is 0 Å². The van der Waals surface area contributed by atoms with Gasteiger partial charge in [0.15, 0.2) is 0 Å². The molecule has 0 aromatic rings. The van der Waals surface area contributed by atoms with E-state index in [1.807, 2.05) is 0 Å². The fourth-order valence-electron chi connectivity index (χ4n) is 3.14. The van der Waals surface area contributed by atoms with E-state index in [1.165, 1.54) is 0 Å². The first-order chi connectivity index (χ1) is 9.07. The maximum absolute atomic E-state index is 12.5. The van der Waals surface area contributed by atoms with Crippen molar-refractivity contribution >= 4 is 10.2 Å². The third-order valence-corrected chi connectivity index (χ3v) is 6.43. The molecule has 6 heteroatoms. The molecule has 1 atom stereocenters. The molecule has 2 aliphatic heterocycles. The Bertz CT molecular complexity index is 369. The molecule has 0 radical (unpaired) electrons. The van der Waals surface area contributed by atoms with Crippen molar-refractivity contribution in [2.45, 2.75) is 39.0 Å². The van der Waals surface area contributed by atoms with Gasteiger partial charge in [-0.2, -0.15) is 17.0 Å². The number of nitrogens with zero attached hydrogens (tertiary/aromatic N) is 2. The molecule has 5 nitrogen and oxygen atoms in total. The van der Waals surface area contributed by atoms with Crippen LogP contribution in [0.5, 0.6) is 0 Å². The Labute approximate surface area is 116 Å². The Morgan fingerprint density at radius 3 is 2.21 bits per heavy atom. The number of aliphatic hydroxyl groups is 1. The average Bonchev–Trinajstić information content (AvgIpc) is 2.89. The van der Waals surface area contributed by atoms with E-state index in [9.17, 15) is 8.42 Å². The highest BCUT2D eigenvalue weighted by Crippen LogP contribution is 2.27. The fraction of sp³-hybridized carbons (Fsp3) is 1.00. The van der Waals surface area contributed by atoms with Gasteiger partial charge in [0.2, 0.25) is 0 Å². The molecular weight excluding hydrogens is 264 g/mol. The number of rotatable bonds is 5. The summed E-state index contributed by atoms with van der Waals surface area (Å²) in [5.74, 6) is 0.813. The molecule has 1 unspecified atom stereocenters. The molecule has 0 bridgehead atoms. The molecule has 0 spiro atoms. The highest BCUT2D eigenvalue weighted by Gasteiger charge is 2.36. The predicted molar refractivity (Wildman–Crippen MR) is 74.9 cm³/mol. The molecule has 0 amide bonds. The molecule has 0 aromatic carbocycles. The summed E-state index contributed by atoms with van der Waals surface area (Å²) in [6, 6.07) is 0. The van der Waals surface area contributed by atoms with E-state index in [2.05, 4.69) is 6.92 Å². The van der Waals surface area contributed by atoms with Gasteiger partial charge in [0.05, 0.1) is 0 Å². The summed E-state index contributed by atoms with van der Waals surface area (Å²) < 4.78 is 28.3. The van der Waals surface area contributed by atoms with Crippen LogP contribution in [0, 0.1) is 11.8 Å². The summed E-state index contributed by atoms with van der Waals surface area (Å²) in [4.78, 5) is 0. The lowest BCUT2D eigenvalue weighted by Crippen LogP contribution is -2.46. The summed E-state index contributed by atoms with van der Waals surface area (Å²) in [5.41, 5.74) is 0. The second-order valence-electron chi connectivity index (χ2n) is 5.83. The number of aliphatic hydroxyl groups excluding tert-OH is 1. The van der Waals surface area contributed by atoms with E-state index in [0.29, 0.717) is 32.1 Å². The van der Waals surface area contributed by atoms with Crippen molar-refractivity contribution in [1.29, 1.82) is 0 Å². The van der Waals surface area contributed by atoms with Crippen LogP contribution < -0.4 is 0 Å². The summed E-state index contributed by atoms with van der Waals surface area (Å²) >= 11 is 0. The van der Waals surface area contributed by atoms with Crippen LogP contribution in [0.4, 0.5) is 0 Å². The van der Waals surface area contributed by atoms with Crippen LogP contribution in [0.2, 0.25) is 0 Å². The van der Waals surface area contributed by atoms with E-state index in [0.717, 1.165) is 32.1 Å². The summed E-state index contributed by atoms with van der Waals surface area (Å²) in [5, 5.41) is 9.11. The van der Waals surface area contributed by atoms with Crippen molar-refractivity contribution in [2.75, 3.05) is 32.8 Å². The molecule has 112 valence electrons. The highest BCUT2D eigenvalue weighted by molar-refractivity contribution is 7.86. The van der Waals surface area contributed by atoms with Gasteiger partial charge >= 0.3 is 0 Å². The van der Waals surface area contributed by atoms with Crippen molar-refractivity contribution in [1.82, 2.24) is 8.61 Å². The minimum atomic E-state index is -3.26. The quantitative estimate of drug-likeness (QED) is 0.823. The number of piperidine rings is 1. The first-order valence-corrected chi connectivity index (χ1v) is 8.83. The van der Waals surface area contributed by atoms with E-state index in [4.69, 9.17) is 5.11 Å². The van der Waals surface area contributed by atoms with Gasteiger partial charge in [-0.1, -0.05) is 13.3 Å². The van der Waals surface area contributed by atoms with E-state index >= 15 is 0 Å². The van der Waals surface area contributed by atoms with Crippen molar-refractivity contribution < 1.29 is 13.5 Å². The van der Waals surface area contributed by atoms with Gasteiger partial charge in [0, 0.05) is 32.8 Å². The summed E-state index contributed by atoms with van der Waals surface area (Å²) in [7, 11) is -3.26. The van der Waals surface area contributed by atoms with Crippen LogP contribution in [-0.2, 0) is 10.2 Å². The summed E-state index contributed by atoms with van der Waals surface area (Å²) in [6.07, 6.45) is 4.81. The van der Waals surface area contributed by atoms with Gasteiger partial charge in [0.1, 0.15) is 0 Å². The van der Waals surface area contributed by atoms with Crippen LogP contribution in [0.1, 0.15) is 39.0 Å². The molecular formula is C13H26N2O3S. The first kappa shape index (κ1) is 15.2. The monoisotopic (exact) mass is 290 g/mol. The van der Waals surface area contributed by atoms with E-state index in [1.54, 1.807) is 8.61 Å². The molecule has 2 rings (SSSR count). The van der Waals surface area contributed by atoms with Crippen molar-refractivity contribution in [2.24, 2.45) is 11.8 Å². The van der Waals surface area contributed by atoms with Crippen molar-refractivity contribution in [3.05, 3.63) is 0 Å². The summed E-state index contributed by atoms with van der Waals surface area (Å²) in [6.45, 7) is 4.81. The molecule has 0 saturated carbocycles. The Morgan fingerprint density at radius 2 is 1.63 bits per heavy atom. The lowest BCUT2D eigenvalue weighted by molar-refractivity contribution is 0.166. The Hall–Kier alpha value is -0.170. The zero-order valence-corrected chi connectivity index (χ0v) is 12.6. The van der Waals surface area contributed by atoms with Gasteiger partial charge < -0.3 is 5.11 Å². The minimum Gasteiger partial charge on any atom is -0.396 e. The zero-order valence-electron chi connectivity index (χ0n) is 11.8. The van der Waals surface area contributed by atoms with Crippen molar-refractivity contribution in [3.8, 4) is 0 Å². The van der Waals surface area contributed by atoms with Crippen LogP contribution in [0.25, 0.3) is 0 Å². The number of hydrogen-bond acceptors (Lipinski definition) is 3. The molecule has 0 aromatic heterocycles. The van der Waals surface area contributed by atoms with Gasteiger partial charge in [0.25, 0.3) is 10.2 Å². The largest absolute Gasteiger partial charge is 0.396 e. The van der Waals surface area contributed by atoms with E-state index in [-0.39, 0.29) is 12.5 Å². The molecule has 2 fully saturated rings. The van der Waals surface area contributed by atoms with Gasteiger partial charge in [-0.25, -0.2) is 0 Å². The maximum Gasteiger partial charge on any atom is 0.281 e. The smallest absolute Gasteiger partial charge is 0.281 e. The predicted octanol–water partition coefficient (Wildman–Crippen LogP) is 1.06. The van der Waals surface area contributed by atoms with Crippen molar-refractivity contribution in [3.63, 3.8) is 0 Å². The van der Waals surface area contributed by atoms with Gasteiger partial charge in [-0.05, 0) is 37.5 Å². The molecule has 19 heavy (non-hydrogen) atoms. The van der Waals surface area contributed by atoms with Crippen LogP contribution in [-0.4, -0.2) is 54.9 Å². The SMILES string of the molecule is CCCC1CCN(S(=O)(=O)N2CCC(CO)CC2)C1.